The van der Waals surface area contributed by atoms with E-state index in [1.807, 2.05) is 31.2 Å². The number of aryl methyl sites for hydroxylation is 1. The fraction of sp³-hybridized carbons (Fsp3) is 0.217. The summed E-state index contributed by atoms with van der Waals surface area (Å²) in [7, 11) is -7.20. The lowest BCUT2D eigenvalue weighted by molar-refractivity contribution is 0.391. The monoisotopic (exact) mass is 456 g/mol. The molecule has 162 valence electrons. The van der Waals surface area contributed by atoms with Crippen molar-refractivity contribution in [2.24, 2.45) is 0 Å². The molecule has 1 aliphatic heterocycles. The standard InChI is InChI=1S/C23H24N2O4S2/c1-18-6-5-7-19(14-18)17-30(26,27)24-22-11-10-20-12-13-25(16-21(20)15-22)31(28,29)23-8-3-2-4-9-23/h2-11,14-15,24H,12-13,16-17H2,1H3. The number of rotatable bonds is 6. The van der Waals surface area contributed by atoms with Gasteiger partial charge in [0.05, 0.1) is 10.6 Å². The number of nitrogens with one attached hydrogen (secondary N) is 1. The molecule has 0 radical (unpaired) electrons. The van der Waals surface area contributed by atoms with E-state index in [0.717, 1.165) is 16.7 Å². The molecule has 8 heteroatoms. The molecule has 0 bridgehead atoms. The van der Waals surface area contributed by atoms with Crippen LogP contribution in [0.3, 0.4) is 0 Å². The molecule has 0 atom stereocenters. The fourth-order valence-electron chi connectivity index (χ4n) is 3.78. The minimum Gasteiger partial charge on any atom is -0.283 e. The first-order valence-electron chi connectivity index (χ1n) is 9.96. The van der Waals surface area contributed by atoms with E-state index >= 15 is 0 Å². The lowest BCUT2D eigenvalue weighted by Crippen LogP contribution is -2.36. The largest absolute Gasteiger partial charge is 0.283 e. The highest BCUT2D eigenvalue weighted by Crippen LogP contribution is 2.27. The lowest BCUT2D eigenvalue weighted by atomic mass is 10.0. The molecule has 0 aliphatic carbocycles. The summed E-state index contributed by atoms with van der Waals surface area (Å²) < 4.78 is 55.3. The van der Waals surface area contributed by atoms with Crippen molar-refractivity contribution >= 4 is 25.7 Å². The Kier molecular flexibility index (Phi) is 5.88. The third-order valence-corrected chi connectivity index (χ3v) is 8.40. The van der Waals surface area contributed by atoms with Crippen LogP contribution in [0.5, 0.6) is 0 Å². The summed E-state index contributed by atoms with van der Waals surface area (Å²) in [5.41, 5.74) is 3.99. The van der Waals surface area contributed by atoms with Crippen LogP contribution in [0.2, 0.25) is 0 Å². The number of sulfonamides is 2. The second-order valence-corrected chi connectivity index (χ2v) is 11.4. The molecule has 3 aromatic carbocycles. The van der Waals surface area contributed by atoms with Gasteiger partial charge in [0.1, 0.15) is 0 Å². The average molecular weight is 457 g/mol. The zero-order chi connectivity index (χ0) is 22.1. The maximum absolute atomic E-state index is 13.0. The van der Waals surface area contributed by atoms with Crippen LogP contribution in [0, 0.1) is 6.92 Å². The number of anilines is 1. The molecule has 1 aliphatic rings. The highest BCUT2D eigenvalue weighted by Gasteiger charge is 2.28. The summed E-state index contributed by atoms with van der Waals surface area (Å²) >= 11 is 0. The molecule has 0 fully saturated rings. The first kappa shape index (κ1) is 21.5. The van der Waals surface area contributed by atoms with Gasteiger partial charge in [-0.15, -0.1) is 0 Å². The first-order chi connectivity index (χ1) is 14.7. The van der Waals surface area contributed by atoms with Gasteiger partial charge in [0.2, 0.25) is 20.0 Å². The predicted molar refractivity (Wildman–Crippen MR) is 122 cm³/mol. The van der Waals surface area contributed by atoms with Gasteiger partial charge in [0.25, 0.3) is 0 Å². The smallest absolute Gasteiger partial charge is 0.243 e. The Morgan fingerprint density at radius 1 is 0.871 bits per heavy atom. The Morgan fingerprint density at radius 2 is 1.65 bits per heavy atom. The minimum absolute atomic E-state index is 0.125. The van der Waals surface area contributed by atoms with Crippen LogP contribution in [0.1, 0.15) is 22.3 Å². The quantitative estimate of drug-likeness (QED) is 0.613. The van der Waals surface area contributed by atoms with Crippen molar-refractivity contribution in [3.05, 3.63) is 95.1 Å². The van der Waals surface area contributed by atoms with Gasteiger partial charge in [0.15, 0.2) is 0 Å². The van der Waals surface area contributed by atoms with E-state index in [4.69, 9.17) is 0 Å². The van der Waals surface area contributed by atoms with E-state index in [-0.39, 0.29) is 17.2 Å². The molecule has 0 spiro atoms. The SMILES string of the molecule is Cc1cccc(CS(=O)(=O)Nc2ccc3c(c2)CN(S(=O)(=O)c2ccccc2)CC3)c1. The second-order valence-electron chi connectivity index (χ2n) is 7.74. The third kappa shape index (κ3) is 4.98. The minimum atomic E-state index is -3.60. The van der Waals surface area contributed by atoms with Gasteiger partial charge in [-0.2, -0.15) is 4.31 Å². The lowest BCUT2D eigenvalue weighted by Gasteiger charge is -2.28. The molecule has 0 saturated carbocycles. The van der Waals surface area contributed by atoms with Crippen LogP contribution in [0.15, 0.2) is 77.7 Å². The Balaban J connectivity index is 1.53. The normalized spacial score (nSPS) is 14.7. The van der Waals surface area contributed by atoms with Crippen molar-refractivity contribution in [1.82, 2.24) is 4.31 Å². The number of nitrogens with zero attached hydrogens (tertiary/aromatic N) is 1. The van der Waals surface area contributed by atoms with E-state index < -0.39 is 20.0 Å². The molecule has 1 N–H and O–H groups in total. The van der Waals surface area contributed by atoms with Crippen molar-refractivity contribution in [3.63, 3.8) is 0 Å². The summed E-state index contributed by atoms with van der Waals surface area (Å²) in [6.07, 6.45) is 0.581. The van der Waals surface area contributed by atoms with Crippen LogP contribution in [-0.4, -0.2) is 27.7 Å². The zero-order valence-electron chi connectivity index (χ0n) is 17.2. The van der Waals surface area contributed by atoms with Crippen molar-refractivity contribution in [1.29, 1.82) is 0 Å². The average Bonchev–Trinajstić information content (AvgIpc) is 2.73. The highest BCUT2D eigenvalue weighted by molar-refractivity contribution is 7.91. The molecule has 4 rings (SSSR count). The second kappa shape index (κ2) is 8.45. The van der Waals surface area contributed by atoms with Gasteiger partial charge in [-0.05, 0) is 54.3 Å². The van der Waals surface area contributed by atoms with Gasteiger partial charge in [-0.1, -0.05) is 54.1 Å². The Morgan fingerprint density at radius 3 is 2.39 bits per heavy atom. The summed E-state index contributed by atoms with van der Waals surface area (Å²) in [6, 6.07) is 21.1. The molecule has 1 heterocycles. The van der Waals surface area contributed by atoms with Crippen molar-refractivity contribution < 1.29 is 16.8 Å². The number of benzene rings is 3. The van der Waals surface area contributed by atoms with Crippen LogP contribution in [0.25, 0.3) is 0 Å². The maximum Gasteiger partial charge on any atom is 0.243 e. The summed E-state index contributed by atoms with van der Waals surface area (Å²) in [4.78, 5) is 0.258. The van der Waals surface area contributed by atoms with Crippen LogP contribution in [-0.2, 0) is 38.8 Å². The van der Waals surface area contributed by atoms with E-state index in [1.165, 1.54) is 4.31 Å². The Hall–Kier alpha value is -2.68. The number of fused-ring (bicyclic) bond motifs is 1. The van der Waals surface area contributed by atoms with E-state index in [1.54, 1.807) is 48.5 Å². The molecule has 0 amide bonds. The van der Waals surface area contributed by atoms with E-state index in [0.29, 0.717) is 24.2 Å². The van der Waals surface area contributed by atoms with Crippen LogP contribution in [0.4, 0.5) is 5.69 Å². The Labute approximate surface area is 183 Å². The van der Waals surface area contributed by atoms with Crippen molar-refractivity contribution in [3.8, 4) is 0 Å². The van der Waals surface area contributed by atoms with Crippen LogP contribution >= 0.6 is 0 Å². The molecular weight excluding hydrogens is 432 g/mol. The number of hydrogen-bond donors (Lipinski definition) is 1. The van der Waals surface area contributed by atoms with Gasteiger partial charge in [0, 0.05) is 18.8 Å². The van der Waals surface area contributed by atoms with Gasteiger partial charge >= 0.3 is 0 Å². The molecular formula is C23H24N2O4S2. The van der Waals surface area contributed by atoms with E-state index in [2.05, 4.69) is 4.72 Å². The van der Waals surface area contributed by atoms with Crippen LogP contribution < -0.4 is 4.72 Å². The predicted octanol–water partition coefficient (Wildman–Crippen LogP) is 3.68. The molecule has 0 saturated heterocycles. The number of hydrogen-bond acceptors (Lipinski definition) is 4. The molecule has 0 unspecified atom stereocenters. The van der Waals surface area contributed by atoms with Gasteiger partial charge in [-0.3, -0.25) is 4.72 Å². The maximum atomic E-state index is 13.0. The summed E-state index contributed by atoms with van der Waals surface area (Å²) in [5.74, 6) is -0.125. The zero-order valence-corrected chi connectivity index (χ0v) is 18.8. The molecule has 3 aromatic rings. The van der Waals surface area contributed by atoms with E-state index in [9.17, 15) is 16.8 Å². The highest BCUT2D eigenvalue weighted by atomic mass is 32.2. The third-order valence-electron chi connectivity index (χ3n) is 5.28. The van der Waals surface area contributed by atoms with Gasteiger partial charge in [-0.25, -0.2) is 16.8 Å². The van der Waals surface area contributed by atoms with Crippen molar-refractivity contribution in [2.75, 3.05) is 11.3 Å². The Bertz CT molecular complexity index is 1300. The molecule has 6 nitrogen and oxygen atoms in total. The topological polar surface area (TPSA) is 83.6 Å². The summed E-state index contributed by atoms with van der Waals surface area (Å²) in [6.45, 7) is 2.52. The molecule has 31 heavy (non-hydrogen) atoms. The molecule has 0 aromatic heterocycles. The summed E-state index contributed by atoms with van der Waals surface area (Å²) in [5, 5.41) is 0. The van der Waals surface area contributed by atoms with Crippen molar-refractivity contribution in [2.45, 2.75) is 30.5 Å². The fourth-order valence-corrected chi connectivity index (χ4v) is 6.39. The van der Waals surface area contributed by atoms with Gasteiger partial charge < -0.3 is 0 Å². The first-order valence-corrected chi connectivity index (χ1v) is 13.1.